The minimum absolute atomic E-state index is 0.0687. The van der Waals surface area contributed by atoms with Crippen LogP contribution in [0.4, 0.5) is 10.5 Å². The molecule has 29 heavy (non-hydrogen) atoms. The van der Waals surface area contributed by atoms with Gasteiger partial charge in [0.15, 0.2) is 0 Å². The Morgan fingerprint density at radius 3 is 2.21 bits per heavy atom. The maximum absolute atomic E-state index is 12.6. The topological polar surface area (TPSA) is 128 Å². The first-order chi connectivity index (χ1) is 13.4. The van der Waals surface area contributed by atoms with Crippen molar-refractivity contribution in [2.75, 3.05) is 14.2 Å². The summed E-state index contributed by atoms with van der Waals surface area (Å²) in [6, 6.07) is 3.68. The summed E-state index contributed by atoms with van der Waals surface area (Å²) in [5.41, 5.74) is -0.203. The molecule has 160 valence electrons. The molecule has 1 rings (SSSR count). The van der Waals surface area contributed by atoms with Crippen molar-refractivity contribution in [2.24, 2.45) is 0 Å². The lowest BCUT2D eigenvalue weighted by molar-refractivity contribution is -0.384. The predicted molar refractivity (Wildman–Crippen MR) is 104 cm³/mol. The van der Waals surface area contributed by atoms with Crippen LogP contribution < -0.4 is 5.32 Å². The highest BCUT2D eigenvalue weighted by Crippen LogP contribution is 2.14. The average molecular weight is 409 g/mol. The molecule has 0 unspecified atom stereocenters. The second-order valence-electron chi connectivity index (χ2n) is 7.48. The number of hydrogen-bond donors (Lipinski definition) is 1. The molecule has 1 N–H and O–H groups in total. The quantitative estimate of drug-likeness (QED) is 0.415. The van der Waals surface area contributed by atoms with Crippen molar-refractivity contribution in [3.63, 3.8) is 0 Å². The zero-order valence-electron chi connectivity index (χ0n) is 17.4. The van der Waals surface area contributed by atoms with Gasteiger partial charge in [0.1, 0.15) is 17.7 Å². The summed E-state index contributed by atoms with van der Waals surface area (Å²) in [7, 11) is 2.61. The van der Waals surface area contributed by atoms with E-state index in [4.69, 9.17) is 9.47 Å². The van der Waals surface area contributed by atoms with Gasteiger partial charge in [0.2, 0.25) is 5.91 Å². The van der Waals surface area contributed by atoms with Crippen molar-refractivity contribution in [3.8, 4) is 0 Å². The van der Waals surface area contributed by atoms with Crippen LogP contribution in [-0.2, 0) is 25.5 Å². The predicted octanol–water partition coefficient (Wildman–Crippen LogP) is 2.05. The van der Waals surface area contributed by atoms with E-state index in [9.17, 15) is 24.5 Å². The van der Waals surface area contributed by atoms with Crippen molar-refractivity contribution in [3.05, 3.63) is 39.9 Å². The van der Waals surface area contributed by atoms with Crippen LogP contribution in [0.3, 0.4) is 0 Å². The molecular weight excluding hydrogens is 382 g/mol. The highest BCUT2D eigenvalue weighted by molar-refractivity contribution is 5.89. The highest BCUT2D eigenvalue weighted by atomic mass is 16.6. The lowest BCUT2D eigenvalue weighted by atomic mass is 10.0. The zero-order valence-corrected chi connectivity index (χ0v) is 17.4. The summed E-state index contributed by atoms with van der Waals surface area (Å²) in [6.45, 7) is 6.63. The lowest BCUT2D eigenvalue weighted by Crippen LogP contribution is -2.52. The molecule has 1 aromatic rings. The van der Waals surface area contributed by atoms with Crippen LogP contribution in [0, 0.1) is 10.1 Å². The number of benzene rings is 1. The lowest BCUT2D eigenvalue weighted by Gasteiger charge is -2.29. The summed E-state index contributed by atoms with van der Waals surface area (Å²) in [6.07, 6.45) is -0.607. The molecule has 0 aliphatic heterocycles. The molecule has 2 atom stereocenters. The number of amides is 2. The molecule has 0 aliphatic carbocycles. The molecule has 1 aromatic carbocycles. The van der Waals surface area contributed by atoms with E-state index >= 15 is 0 Å². The minimum atomic E-state index is -1.02. The second-order valence-corrected chi connectivity index (χ2v) is 7.48. The first-order valence-electron chi connectivity index (χ1n) is 8.93. The summed E-state index contributed by atoms with van der Waals surface area (Å²) in [5.74, 6) is -1.25. The van der Waals surface area contributed by atoms with Gasteiger partial charge in [-0.15, -0.1) is 0 Å². The van der Waals surface area contributed by atoms with E-state index in [0.29, 0.717) is 5.56 Å². The van der Waals surface area contributed by atoms with E-state index < -0.39 is 40.6 Å². The van der Waals surface area contributed by atoms with Gasteiger partial charge < -0.3 is 14.8 Å². The number of methoxy groups -OCH3 is 1. The number of carbonyl (C=O) groups is 3. The molecule has 0 radical (unpaired) electrons. The van der Waals surface area contributed by atoms with Crippen molar-refractivity contribution < 1.29 is 28.8 Å². The number of ether oxygens (including phenoxy) is 2. The molecule has 10 heteroatoms. The van der Waals surface area contributed by atoms with Crippen molar-refractivity contribution in [1.82, 2.24) is 10.2 Å². The Bertz CT molecular complexity index is 756. The van der Waals surface area contributed by atoms with E-state index in [1.165, 1.54) is 45.3 Å². The van der Waals surface area contributed by atoms with Crippen LogP contribution in [-0.4, -0.2) is 59.6 Å². The minimum Gasteiger partial charge on any atom is -0.467 e. The molecule has 2 amide bonds. The summed E-state index contributed by atoms with van der Waals surface area (Å²) < 4.78 is 9.96. The van der Waals surface area contributed by atoms with Crippen molar-refractivity contribution in [1.29, 1.82) is 0 Å². The number of nitrogens with one attached hydrogen (secondary N) is 1. The molecule has 0 saturated carbocycles. The largest absolute Gasteiger partial charge is 0.467 e. The van der Waals surface area contributed by atoms with Gasteiger partial charge in [0, 0.05) is 25.6 Å². The maximum Gasteiger partial charge on any atom is 0.410 e. The SMILES string of the molecule is COC(=O)[C@H](Cc1ccc([N+](=O)[O-])cc1)NC(=O)[C@H](C)N(C)C(=O)OC(C)(C)C. The first-order valence-corrected chi connectivity index (χ1v) is 8.93. The van der Waals surface area contributed by atoms with Gasteiger partial charge in [-0.2, -0.15) is 0 Å². The van der Waals surface area contributed by atoms with Crippen LogP contribution >= 0.6 is 0 Å². The Hall–Kier alpha value is -3.17. The molecule has 0 heterocycles. The van der Waals surface area contributed by atoms with E-state index in [1.54, 1.807) is 20.8 Å². The molecule has 0 spiro atoms. The van der Waals surface area contributed by atoms with Gasteiger partial charge in [-0.1, -0.05) is 12.1 Å². The molecule has 0 aliphatic rings. The number of likely N-dealkylation sites (N-methyl/N-ethyl adjacent to an activating group) is 1. The Labute approximate surface area is 169 Å². The molecule has 0 aromatic heterocycles. The molecule has 10 nitrogen and oxygen atoms in total. The van der Waals surface area contributed by atoms with Crippen molar-refractivity contribution >= 4 is 23.7 Å². The van der Waals surface area contributed by atoms with Crippen LogP contribution in [0.25, 0.3) is 0 Å². The fourth-order valence-corrected chi connectivity index (χ4v) is 2.29. The third kappa shape index (κ3) is 7.40. The summed E-state index contributed by atoms with van der Waals surface area (Å²) in [4.78, 5) is 48.1. The number of carbonyl (C=O) groups excluding carboxylic acids is 3. The number of nitro groups is 1. The summed E-state index contributed by atoms with van der Waals surface area (Å²) in [5, 5.41) is 13.3. The van der Waals surface area contributed by atoms with Crippen molar-refractivity contribution in [2.45, 2.75) is 51.8 Å². The normalized spacial score (nSPS) is 13.0. The number of nitro benzene ring substituents is 1. The monoisotopic (exact) mass is 409 g/mol. The van der Waals surface area contributed by atoms with Gasteiger partial charge in [-0.25, -0.2) is 9.59 Å². The Morgan fingerprint density at radius 2 is 1.76 bits per heavy atom. The summed E-state index contributed by atoms with van der Waals surface area (Å²) >= 11 is 0. The van der Waals surface area contributed by atoms with E-state index in [-0.39, 0.29) is 12.1 Å². The van der Waals surface area contributed by atoms with Gasteiger partial charge in [0.05, 0.1) is 12.0 Å². The van der Waals surface area contributed by atoms with E-state index in [1.807, 2.05) is 0 Å². The standard InChI is InChI=1S/C19H27N3O7/c1-12(21(5)18(25)29-19(2,3)4)16(23)20-15(17(24)28-6)11-13-7-9-14(10-8-13)22(26)27/h7-10,12,15H,11H2,1-6H3,(H,20,23)/t12-,15-/m0/s1. The van der Waals surface area contributed by atoms with E-state index in [2.05, 4.69) is 5.32 Å². The number of hydrogen-bond acceptors (Lipinski definition) is 7. The number of esters is 1. The second kappa shape index (κ2) is 9.85. The third-order valence-electron chi connectivity index (χ3n) is 4.03. The van der Waals surface area contributed by atoms with Crippen LogP contribution in [0.15, 0.2) is 24.3 Å². The van der Waals surface area contributed by atoms with Crippen LogP contribution in [0.5, 0.6) is 0 Å². The van der Waals surface area contributed by atoms with Crippen LogP contribution in [0.2, 0.25) is 0 Å². The van der Waals surface area contributed by atoms with Crippen LogP contribution in [0.1, 0.15) is 33.3 Å². The van der Waals surface area contributed by atoms with Gasteiger partial charge >= 0.3 is 12.1 Å². The zero-order chi connectivity index (χ0) is 22.4. The number of nitrogens with zero attached hydrogens (tertiary/aromatic N) is 2. The maximum atomic E-state index is 12.6. The molecular formula is C19H27N3O7. The Balaban J connectivity index is 2.86. The average Bonchev–Trinajstić information content (AvgIpc) is 2.64. The van der Waals surface area contributed by atoms with Gasteiger partial charge in [-0.3, -0.25) is 19.8 Å². The molecule has 0 saturated heterocycles. The number of non-ortho nitro benzene ring substituents is 1. The number of rotatable bonds is 7. The fraction of sp³-hybridized carbons (Fsp3) is 0.526. The Kier molecular flexibility index (Phi) is 8.11. The third-order valence-corrected chi connectivity index (χ3v) is 4.03. The smallest absolute Gasteiger partial charge is 0.410 e. The van der Waals surface area contributed by atoms with Gasteiger partial charge in [0.25, 0.3) is 5.69 Å². The molecule has 0 fully saturated rings. The fourth-order valence-electron chi connectivity index (χ4n) is 2.29. The Morgan fingerprint density at radius 1 is 1.21 bits per heavy atom. The molecule has 0 bridgehead atoms. The van der Waals surface area contributed by atoms with Gasteiger partial charge in [-0.05, 0) is 33.3 Å². The first kappa shape index (κ1) is 23.9. The highest BCUT2D eigenvalue weighted by Gasteiger charge is 2.30. The van der Waals surface area contributed by atoms with E-state index in [0.717, 1.165) is 4.90 Å².